The summed E-state index contributed by atoms with van der Waals surface area (Å²) in [4.78, 5) is 22.5. The zero-order chi connectivity index (χ0) is 13.1. The van der Waals surface area contributed by atoms with Gasteiger partial charge >= 0.3 is 6.03 Å². The number of aliphatic hydroxyl groups excluding tert-OH is 1. The van der Waals surface area contributed by atoms with Crippen LogP contribution in [-0.4, -0.2) is 42.8 Å². The van der Waals surface area contributed by atoms with Crippen molar-refractivity contribution < 1.29 is 14.7 Å². The van der Waals surface area contributed by atoms with Gasteiger partial charge in [0, 0.05) is 13.2 Å². The summed E-state index contributed by atoms with van der Waals surface area (Å²) in [6.45, 7) is 4.88. The third-order valence-corrected chi connectivity index (χ3v) is 2.25. The van der Waals surface area contributed by atoms with Gasteiger partial charge in [0.2, 0.25) is 5.91 Å². The molecule has 100 valence electrons. The van der Waals surface area contributed by atoms with Gasteiger partial charge in [-0.15, -0.1) is 0 Å². The molecule has 0 radical (unpaired) electrons. The summed E-state index contributed by atoms with van der Waals surface area (Å²) in [6.07, 6.45) is 2.61. The fourth-order valence-corrected chi connectivity index (χ4v) is 1.25. The molecule has 0 saturated heterocycles. The molecule has 6 nitrogen and oxygen atoms in total. The Kier molecular flexibility index (Phi) is 9.37. The van der Waals surface area contributed by atoms with Gasteiger partial charge in [0.15, 0.2) is 0 Å². The maximum Gasteiger partial charge on any atom is 0.321 e. The molecule has 3 amide bonds. The lowest BCUT2D eigenvalue weighted by Crippen LogP contribution is -2.48. The molecule has 4 N–H and O–H groups in total. The number of imide groups is 1. The molecule has 0 heterocycles. The van der Waals surface area contributed by atoms with Crippen LogP contribution in [0.4, 0.5) is 4.79 Å². The van der Waals surface area contributed by atoms with Gasteiger partial charge in [-0.1, -0.05) is 0 Å². The molecule has 1 atom stereocenters. The topological polar surface area (TPSA) is 90.5 Å². The summed E-state index contributed by atoms with van der Waals surface area (Å²) in [6, 6.07) is -0.863. The van der Waals surface area contributed by atoms with E-state index in [4.69, 9.17) is 5.11 Å². The van der Waals surface area contributed by atoms with E-state index in [-0.39, 0.29) is 12.5 Å². The number of carbonyl (C=O) groups is 2. The molecule has 0 aliphatic heterocycles. The zero-order valence-corrected chi connectivity index (χ0v) is 10.6. The average molecular weight is 245 g/mol. The number of hydrogen-bond donors (Lipinski definition) is 4. The Hall–Kier alpha value is -1.14. The maximum absolute atomic E-state index is 11.5. The molecule has 0 aromatic heterocycles. The summed E-state index contributed by atoms with van der Waals surface area (Å²) >= 11 is 0. The number of nitrogens with one attached hydrogen (secondary N) is 3. The molecule has 0 aromatic carbocycles. The van der Waals surface area contributed by atoms with Gasteiger partial charge in [-0.25, -0.2) is 4.79 Å². The number of unbranched alkanes of at least 4 members (excludes halogenated alkanes) is 2. The van der Waals surface area contributed by atoms with Crippen molar-refractivity contribution in [1.82, 2.24) is 16.0 Å². The van der Waals surface area contributed by atoms with Crippen LogP contribution in [0.2, 0.25) is 0 Å². The smallest absolute Gasteiger partial charge is 0.321 e. The highest BCUT2D eigenvalue weighted by atomic mass is 16.3. The van der Waals surface area contributed by atoms with Gasteiger partial charge in [-0.3, -0.25) is 10.1 Å². The van der Waals surface area contributed by atoms with Crippen molar-refractivity contribution in [3.05, 3.63) is 0 Å². The first kappa shape index (κ1) is 15.9. The van der Waals surface area contributed by atoms with E-state index in [0.29, 0.717) is 13.1 Å². The molecule has 0 aromatic rings. The minimum atomic E-state index is -0.466. The summed E-state index contributed by atoms with van der Waals surface area (Å²) in [5.74, 6) is -0.335. The summed E-state index contributed by atoms with van der Waals surface area (Å²) in [5, 5.41) is 16.3. The lowest BCUT2D eigenvalue weighted by atomic mass is 10.2. The van der Waals surface area contributed by atoms with Crippen LogP contribution in [0, 0.1) is 0 Å². The van der Waals surface area contributed by atoms with E-state index in [9.17, 15) is 9.59 Å². The van der Waals surface area contributed by atoms with Gasteiger partial charge in [0.1, 0.15) is 0 Å². The Morgan fingerprint density at radius 2 is 1.94 bits per heavy atom. The molecule has 6 heteroatoms. The van der Waals surface area contributed by atoms with Crippen LogP contribution in [0.15, 0.2) is 0 Å². The van der Waals surface area contributed by atoms with Gasteiger partial charge in [-0.2, -0.15) is 0 Å². The standard InChI is InChI=1S/C11H23N3O3/c1-3-12-11(17)14-10(16)9(2)13-7-5-4-6-8-15/h9,13,15H,3-8H2,1-2H3,(H2,12,14,16,17). The van der Waals surface area contributed by atoms with Crippen molar-refractivity contribution in [3.63, 3.8) is 0 Å². The van der Waals surface area contributed by atoms with Crippen LogP contribution in [0.3, 0.4) is 0 Å². The van der Waals surface area contributed by atoms with Crippen molar-refractivity contribution >= 4 is 11.9 Å². The Balaban J connectivity index is 3.63. The first-order chi connectivity index (χ1) is 8.11. The van der Waals surface area contributed by atoms with E-state index < -0.39 is 12.1 Å². The maximum atomic E-state index is 11.5. The lowest BCUT2D eigenvalue weighted by Gasteiger charge is -2.13. The Labute approximate surface area is 102 Å². The monoisotopic (exact) mass is 245 g/mol. The molecule has 0 spiro atoms. The number of hydrogen-bond acceptors (Lipinski definition) is 4. The van der Waals surface area contributed by atoms with E-state index in [1.807, 2.05) is 0 Å². The summed E-state index contributed by atoms with van der Waals surface area (Å²) < 4.78 is 0. The predicted octanol–water partition coefficient (Wildman–Crippen LogP) is -0.0272. The fraction of sp³-hybridized carbons (Fsp3) is 0.818. The summed E-state index contributed by atoms with van der Waals surface area (Å²) in [5.41, 5.74) is 0. The molecule has 0 saturated carbocycles. The normalized spacial score (nSPS) is 11.9. The number of rotatable bonds is 8. The molecule has 0 aliphatic rings. The van der Waals surface area contributed by atoms with Crippen LogP contribution in [0.25, 0.3) is 0 Å². The first-order valence-corrected chi connectivity index (χ1v) is 6.04. The fourth-order valence-electron chi connectivity index (χ4n) is 1.25. The highest BCUT2D eigenvalue weighted by Crippen LogP contribution is 1.93. The van der Waals surface area contributed by atoms with Crippen molar-refractivity contribution in [3.8, 4) is 0 Å². The third-order valence-electron chi connectivity index (χ3n) is 2.25. The van der Waals surface area contributed by atoms with Crippen LogP contribution < -0.4 is 16.0 Å². The predicted molar refractivity (Wildman–Crippen MR) is 65.6 cm³/mol. The van der Waals surface area contributed by atoms with Crippen LogP contribution in [0.1, 0.15) is 33.1 Å². The van der Waals surface area contributed by atoms with Gasteiger partial charge in [-0.05, 0) is 39.7 Å². The molecule has 17 heavy (non-hydrogen) atoms. The Morgan fingerprint density at radius 1 is 1.24 bits per heavy atom. The third kappa shape index (κ3) is 8.65. The van der Waals surface area contributed by atoms with Crippen LogP contribution in [0.5, 0.6) is 0 Å². The van der Waals surface area contributed by atoms with Crippen LogP contribution in [-0.2, 0) is 4.79 Å². The SMILES string of the molecule is CCNC(=O)NC(=O)C(C)NCCCCCO. The molecule has 1 unspecified atom stereocenters. The molecule has 0 rings (SSSR count). The minimum Gasteiger partial charge on any atom is -0.396 e. The molecular formula is C11H23N3O3. The second-order valence-corrected chi connectivity index (χ2v) is 3.81. The van der Waals surface area contributed by atoms with E-state index in [2.05, 4.69) is 16.0 Å². The average Bonchev–Trinajstić information content (AvgIpc) is 2.28. The molecule has 0 fully saturated rings. The second-order valence-electron chi connectivity index (χ2n) is 3.81. The highest BCUT2D eigenvalue weighted by molar-refractivity contribution is 5.96. The number of urea groups is 1. The summed E-state index contributed by atoms with van der Waals surface area (Å²) in [7, 11) is 0. The van der Waals surface area contributed by atoms with Gasteiger partial charge < -0.3 is 15.7 Å². The molecular weight excluding hydrogens is 222 g/mol. The van der Waals surface area contributed by atoms with Gasteiger partial charge in [0.25, 0.3) is 0 Å². The minimum absolute atomic E-state index is 0.202. The van der Waals surface area contributed by atoms with E-state index >= 15 is 0 Å². The molecule has 0 bridgehead atoms. The second kappa shape index (κ2) is 10.0. The van der Waals surface area contributed by atoms with Crippen molar-refractivity contribution in [1.29, 1.82) is 0 Å². The number of aliphatic hydroxyl groups is 1. The number of amides is 3. The zero-order valence-electron chi connectivity index (χ0n) is 10.6. The van der Waals surface area contributed by atoms with Crippen LogP contribution >= 0.6 is 0 Å². The molecule has 0 aliphatic carbocycles. The quantitative estimate of drug-likeness (QED) is 0.452. The van der Waals surface area contributed by atoms with E-state index in [1.165, 1.54) is 0 Å². The van der Waals surface area contributed by atoms with Crippen molar-refractivity contribution in [2.24, 2.45) is 0 Å². The van der Waals surface area contributed by atoms with Crippen molar-refractivity contribution in [2.75, 3.05) is 19.7 Å². The largest absolute Gasteiger partial charge is 0.396 e. The van der Waals surface area contributed by atoms with E-state index in [0.717, 1.165) is 19.3 Å². The van der Waals surface area contributed by atoms with E-state index in [1.54, 1.807) is 13.8 Å². The Morgan fingerprint density at radius 3 is 2.53 bits per heavy atom. The lowest BCUT2D eigenvalue weighted by molar-refractivity contribution is -0.121. The number of carbonyl (C=O) groups excluding carboxylic acids is 2. The van der Waals surface area contributed by atoms with Crippen molar-refractivity contribution in [2.45, 2.75) is 39.2 Å². The Bertz CT molecular complexity index is 234. The first-order valence-electron chi connectivity index (χ1n) is 6.04. The highest BCUT2D eigenvalue weighted by Gasteiger charge is 2.13. The van der Waals surface area contributed by atoms with Gasteiger partial charge in [0.05, 0.1) is 6.04 Å².